The second-order valence-electron chi connectivity index (χ2n) is 5.52. The molecule has 2 atom stereocenters. The first-order chi connectivity index (χ1) is 10.4. The van der Waals surface area contributed by atoms with Gasteiger partial charge in [0, 0.05) is 10.5 Å². The summed E-state index contributed by atoms with van der Waals surface area (Å²) < 4.78 is 34.0. The average Bonchev–Trinajstić information content (AvgIpc) is 3.22. The summed E-state index contributed by atoms with van der Waals surface area (Å²) in [5.74, 6) is 0.187. The zero-order valence-corrected chi connectivity index (χ0v) is 14.5. The normalized spacial score (nSPS) is 24.0. The van der Waals surface area contributed by atoms with Gasteiger partial charge in [-0.15, -0.1) is 0 Å². The molecular formula is C14H17BrN2O4S. The molecule has 0 bridgehead atoms. The number of carbonyl (C=O) groups is 1. The van der Waals surface area contributed by atoms with Crippen molar-refractivity contribution in [2.45, 2.75) is 30.7 Å². The molecule has 0 aromatic heterocycles. The van der Waals surface area contributed by atoms with Crippen LogP contribution in [0.25, 0.3) is 0 Å². The first-order valence-electron chi connectivity index (χ1n) is 7.19. The predicted molar refractivity (Wildman–Crippen MR) is 84.5 cm³/mol. The van der Waals surface area contributed by atoms with E-state index in [1.807, 2.05) is 6.92 Å². The lowest BCUT2D eigenvalue weighted by Crippen LogP contribution is -2.28. The van der Waals surface area contributed by atoms with E-state index in [-0.39, 0.29) is 34.8 Å². The van der Waals surface area contributed by atoms with Crippen LogP contribution in [-0.4, -0.2) is 33.5 Å². The highest BCUT2D eigenvalue weighted by atomic mass is 79.9. The number of rotatable bonds is 4. The van der Waals surface area contributed by atoms with Crippen molar-refractivity contribution in [2.24, 2.45) is 5.92 Å². The van der Waals surface area contributed by atoms with Gasteiger partial charge in [-0.05, 0) is 24.5 Å². The van der Waals surface area contributed by atoms with Crippen molar-refractivity contribution in [1.82, 2.24) is 10.0 Å². The maximum absolute atomic E-state index is 12.6. The van der Waals surface area contributed by atoms with Crippen molar-refractivity contribution in [3.05, 3.63) is 22.2 Å². The molecule has 0 radical (unpaired) electrons. The van der Waals surface area contributed by atoms with E-state index in [0.717, 1.165) is 12.8 Å². The molecule has 2 aliphatic rings. The lowest BCUT2D eigenvalue weighted by Gasteiger charge is -2.14. The number of hydrogen-bond acceptors (Lipinski definition) is 4. The largest absolute Gasteiger partial charge is 0.489 e. The molecule has 6 nitrogen and oxygen atoms in total. The van der Waals surface area contributed by atoms with Crippen molar-refractivity contribution in [3.63, 3.8) is 0 Å². The van der Waals surface area contributed by atoms with E-state index in [4.69, 9.17) is 4.74 Å². The molecule has 1 aromatic rings. The van der Waals surface area contributed by atoms with Gasteiger partial charge in [-0.1, -0.05) is 29.3 Å². The molecule has 1 fully saturated rings. The first-order valence-corrected chi connectivity index (χ1v) is 9.47. The van der Waals surface area contributed by atoms with E-state index in [0.29, 0.717) is 16.9 Å². The minimum Gasteiger partial charge on any atom is -0.489 e. The molecule has 1 aliphatic heterocycles. The van der Waals surface area contributed by atoms with E-state index in [1.54, 1.807) is 6.07 Å². The summed E-state index contributed by atoms with van der Waals surface area (Å²) in [7, 11) is -3.73. The fraction of sp³-hybridized carbons (Fsp3) is 0.500. The molecule has 0 saturated heterocycles. The highest BCUT2D eigenvalue weighted by molar-refractivity contribution is 9.10. The van der Waals surface area contributed by atoms with Gasteiger partial charge in [0.25, 0.3) is 5.91 Å². The fourth-order valence-electron chi connectivity index (χ4n) is 2.60. The van der Waals surface area contributed by atoms with Crippen LogP contribution in [0.3, 0.4) is 0 Å². The Balaban J connectivity index is 2.01. The monoisotopic (exact) mass is 388 g/mol. The standard InChI is InChI=1S/C14H17BrN2O4S/c1-2-8-5-11(8)17-22(19,20)12-7-9(15)6-10-13(12)21-4-3-16-14(10)18/h6-8,11,17H,2-5H2,1H3,(H,16,18)/t8-,11-/m1/s1. The molecule has 22 heavy (non-hydrogen) atoms. The van der Waals surface area contributed by atoms with E-state index in [2.05, 4.69) is 26.0 Å². The summed E-state index contributed by atoms with van der Waals surface area (Å²) in [6, 6.07) is 3.02. The van der Waals surface area contributed by atoms with Gasteiger partial charge in [-0.2, -0.15) is 0 Å². The second kappa shape index (κ2) is 5.82. The number of ether oxygens (including phenoxy) is 1. The summed E-state index contributed by atoms with van der Waals surface area (Å²) in [6.07, 6.45) is 1.80. The predicted octanol–water partition coefficient (Wildman–Crippen LogP) is 1.65. The topological polar surface area (TPSA) is 84.5 Å². The molecule has 1 aromatic carbocycles. The first kappa shape index (κ1) is 15.8. The molecule has 1 heterocycles. The highest BCUT2D eigenvalue weighted by Gasteiger charge is 2.40. The van der Waals surface area contributed by atoms with Crippen molar-refractivity contribution in [1.29, 1.82) is 0 Å². The summed E-state index contributed by atoms with van der Waals surface area (Å²) in [4.78, 5) is 12.1. The van der Waals surface area contributed by atoms with Crippen LogP contribution in [0, 0.1) is 5.92 Å². The Kier molecular flexibility index (Phi) is 4.17. The van der Waals surface area contributed by atoms with Crippen molar-refractivity contribution in [2.75, 3.05) is 13.2 Å². The Morgan fingerprint density at radius 2 is 2.23 bits per heavy atom. The molecule has 3 rings (SSSR count). The fourth-order valence-corrected chi connectivity index (χ4v) is 4.72. The SMILES string of the molecule is CC[C@@H]1C[C@H]1NS(=O)(=O)c1cc(Br)cc2c1OCCNC2=O. The zero-order chi connectivity index (χ0) is 15.9. The van der Waals surface area contributed by atoms with Crippen LogP contribution in [0.2, 0.25) is 0 Å². The third-order valence-corrected chi connectivity index (χ3v) is 5.89. The maximum Gasteiger partial charge on any atom is 0.255 e. The van der Waals surface area contributed by atoms with E-state index in [9.17, 15) is 13.2 Å². The molecule has 120 valence electrons. The van der Waals surface area contributed by atoms with Crippen LogP contribution in [0.1, 0.15) is 30.1 Å². The Morgan fingerprint density at radius 3 is 2.91 bits per heavy atom. The Hall–Kier alpha value is -1.12. The lowest BCUT2D eigenvalue weighted by atomic mass is 10.2. The maximum atomic E-state index is 12.6. The van der Waals surface area contributed by atoms with E-state index in [1.165, 1.54) is 6.07 Å². The Bertz CT molecular complexity index is 720. The molecule has 2 N–H and O–H groups in total. The van der Waals surface area contributed by atoms with Crippen LogP contribution in [-0.2, 0) is 10.0 Å². The summed E-state index contributed by atoms with van der Waals surface area (Å²) in [5.41, 5.74) is 0.232. The van der Waals surface area contributed by atoms with Crippen LogP contribution in [0.4, 0.5) is 0 Å². The number of amides is 1. The van der Waals surface area contributed by atoms with Crippen LogP contribution in [0.15, 0.2) is 21.5 Å². The van der Waals surface area contributed by atoms with E-state index < -0.39 is 10.0 Å². The van der Waals surface area contributed by atoms with Crippen molar-refractivity contribution in [3.8, 4) is 5.75 Å². The van der Waals surface area contributed by atoms with Gasteiger partial charge in [0.1, 0.15) is 11.5 Å². The summed E-state index contributed by atoms with van der Waals surface area (Å²) in [6.45, 7) is 2.63. The third kappa shape index (κ3) is 3.00. The van der Waals surface area contributed by atoms with Crippen LogP contribution >= 0.6 is 15.9 Å². The van der Waals surface area contributed by atoms with Gasteiger partial charge in [0.05, 0.1) is 12.1 Å². The minimum atomic E-state index is -3.73. The third-order valence-electron chi connectivity index (χ3n) is 3.94. The molecule has 1 aliphatic carbocycles. The van der Waals surface area contributed by atoms with Gasteiger partial charge in [-0.25, -0.2) is 13.1 Å². The van der Waals surface area contributed by atoms with Gasteiger partial charge in [0.15, 0.2) is 5.75 Å². The number of fused-ring (bicyclic) bond motifs is 1. The average molecular weight is 389 g/mol. The molecule has 0 spiro atoms. The summed E-state index contributed by atoms with van der Waals surface area (Å²) >= 11 is 3.27. The van der Waals surface area contributed by atoms with Gasteiger partial charge >= 0.3 is 0 Å². The number of halogens is 1. The van der Waals surface area contributed by atoms with Crippen LogP contribution < -0.4 is 14.8 Å². The van der Waals surface area contributed by atoms with Crippen molar-refractivity contribution >= 4 is 31.9 Å². The highest BCUT2D eigenvalue weighted by Crippen LogP contribution is 2.37. The number of sulfonamides is 1. The smallest absolute Gasteiger partial charge is 0.255 e. The van der Waals surface area contributed by atoms with Gasteiger partial charge in [-0.3, -0.25) is 4.79 Å². The number of carbonyl (C=O) groups excluding carboxylic acids is 1. The molecule has 1 saturated carbocycles. The minimum absolute atomic E-state index is 0.00989. The number of hydrogen-bond donors (Lipinski definition) is 2. The van der Waals surface area contributed by atoms with E-state index >= 15 is 0 Å². The zero-order valence-electron chi connectivity index (χ0n) is 12.1. The molecule has 1 amide bonds. The summed E-state index contributed by atoms with van der Waals surface area (Å²) in [5, 5.41) is 2.68. The van der Waals surface area contributed by atoms with Gasteiger partial charge in [0.2, 0.25) is 10.0 Å². The molecule has 0 unspecified atom stereocenters. The quantitative estimate of drug-likeness (QED) is 0.820. The van der Waals surface area contributed by atoms with Crippen molar-refractivity contribution < 1.29 is 17.9 Å². The number of nitrogens with one attached hydrogen (secondary N) is 2. The van der Waals surface area contributed by atoms with Crippen LogP contribution in [0.5, 0.6) is 5.75 Å². The van der Waals surface area contributed by atoms with Gasteiger partial charge < -0.3 is 10.1 Å². The molecule has 8 heteroatoms. The Morgan fingerprint density at radius 1 is 1.45 bits per heavy atom. The Labute approximate surface area is 137 Å². The lowest BCUT2D eigenvalue weighted by molar-refractivity contribution is 0.0957. The number of benzene rings is 1. The molecular weight excluding hydrogens is 372 g/mol. The second-order valence-corrected chi connectivity index (χ2v) is 8.11.